The third kappa shape index (κ3) is 3.36. The first-order chi connectivity index (χ1) is 10.2. The Bertz CT molecular complexity index is 619. The van der Waals surface area contributed by atoms with Gasteiger partial charge < -0.3 is 14.8 Å². The average Bonchev–Trinajstić information content (AvgIpc) is 2.53. The molecule has 1 aliphatic rings. The normalized spacial score (nSPS) is 14.8. The summed E-state index contributed by atoms with van der Waals surface area (Å²) in [4.78, 5) is 4.12. The second kappa shape index (κ2) is 6.45. The summed E-state index contributed by atoms with van der Waals surface area (Å²) in [6.07, 6.45) is 3.66. The van der Waals surface area contributed by atoms with Crippen LogP contribution in [-0.4, -0.2) is 18.2 Å². The average molecular weight is 349 g/mol. The van der Waals surface area contributed by atoms with Crippen LogP contribution in [0, 0.1) is 0 Å². The summed E-state index contributed by atoms with van der Waals surface area (Å²) in [5.41, 5.74) is 2.32. The lowest BCUT2D eigenvalue weighted by Gasteiger charge is -2.22. The highest BCUT2D eigenvalue weighted by Crippen LogP contribution is 2.37. The van der Waals surface area contributed by atoms with Crippen molar-refractivity contribution in [1.29, 1.82) is 0 Å². The largest absolute Gasteiger partial charge is 0.486 e. The van der Waals surface area contributed by atoms with E-state index in [1.54, 1.807) is 6.20 Å². The van der Waals surface area contributed by atoms with E-state index in [2.05, 4.69) is 39.2 Å². The number of halogens is 1. The number of ether oxygens (including phenoxy) is 2. The number of nitrogens with zero attached hydrogens (tertiary/aromatic N) is 1. The number of nitrogens with one attached hydrogen (secondary N) is 1. The molecule has 2 heterocycles. The van der Waals surface area contributed by atoms with E-state index in [1.165, 1.54) is 0 Å². The maximum atomic E-state index is 5.65. The number of hydrogen-bond acceptors (Lipinski definition) is 4. The number of benzene rings is 1. The molecule has 0 spiro atoms. The summed E-state index contributed by atoms with van der Waals surface area (Å²) in [5.74, 6) is 1.62. The third-order valence-corrected chi connectivity index (χ3v) is 4.15. The number of aromatic nitrogens is 1. The lowest BCUT2D eigenvalue weighted by atomic mass is 10.1. The number of pyridine rings is 1. The van der Waals surface area contributed by atoms with Gasteiger partial charge in [0.2, 0.25) is 0 Å². The minimum Gasteiger partial charge on any atom is -0.486 e. The molecule has 0 aliphatic carbocycles. The molecule has 3 rings (SSSR count). The van der Waals surface area contributed by atoms with Crippen molar-refractivity contribution >= 4 is 15.9 Å². The van der Waals surface area contributed by atoms with Crippen LogP contribution in [0.4, 0.5) is 0 Å². The first-order valence-electron chi connectivity index (χ1n) is 6.95. The molecule has 1 aliphatic heterocycles. The summed E-state index contributed by atoms with van der Waals surface area (Å²) < 4.78 is 12.3. The van der Waals surface area contributed by atoms with E-state index in [4.69, 9.17) is 9.47 Å². The van der Waals surface area contributed by atoms with Crippen LogP contribution in [0.2, 0.25) is 0 Å². The van der Waals surface area contributed by atoms with Crippen LogP contribution >= 0.6 is 15.9 Å². The zero-order valence-corrected chi connectivity index (χ0v) is 13.4. The monoisotopic (exact) mass is 348 g/mol. The molecule has 0 saturated heterocycles. The summed E-state index contributed by atoms with van der Waals surface area (Å²) in [7, 11) is 0. The van der Waals surface area contributed by atoms with Crippen molar-refractivity contribution in [1.82, 2.24) is 10.3 Å². The molecular weight excluding hydrogens is 332 g/mol. The van der Waals surface area contributed by atoms with Crippen molar-refractivity contribution in [3.05, 3.63) is 52.3 Å². The molecule has 0 radical (unpaired) electrons. The number of fused-ring (bicyclic) bond motifs is 1. The molecule has 5 heteroatoms. The Morgan fingerprint density at radius 2 is 2.05 bits per heavy atom. The molecular formula is C16H17BrN2O2. The van der Waals surface area contributed by atoms with Gasteiger partial charge in [0, 0.05) is 29.5 Å². The fraction of sp³-hybridized carbons (Fsp3) is 0.312. The van der Waals surface area contributed by atoms with Gasteiger partial charge in [-0.2, -0.15) is 0 Å². The second-order valence-corrected chi connectivity index (χ2v) is 5.84. The molecule has 0 unspecified atom stereocenters. The van der Waals surface area contributed by atoms with Crippen molar-refractivity contribution in [2.45, 2.75) is 19.5 Å². The standard InChI is InChI=1S/C16H17BrN2O2/c1-11(19-10-12-3-2-4-18-9-12)13-7-15-16(8-14(13)17)21-6-5-20-15/h2-4,7-9,11,19H,5-6,10H2,1H3/t11-/m0/s1. The molecule has 0 amide bonds. The maximum Gasteiger partial charge on any atom is 0.162 e. The van der Waals surface area contributed by atoms with E-state index in [0.29, 0.717) is 13.2 Å². The molecule has 4 nitrogen and oxygen atoms in total. The van der Waals surface area contributed by atoms with Crippen LogP contribution in [0.5, 0.6) is 11.5 Å². The molecule has 21 heavy (non-hydrogen) atoms. The SMILES string of the molecule is C[C@H](NCc1cccnc1)c1cc2c(cc1Br)OCCO2. The van der Waals surface area contributed by atoms with Gasteiger partial charge in [0.25, 0.3) is 0 Å². The van der Waals surface area contributed by atoms with Crippen LogP contribution in [0.1, 0.15) is 24.1 Å². The van der Waals surface area contributed by atoms with Gasteiger partial charge in [-0.3, -0.25) is 4.98 Å². The fourth-order valence-corrected chi connectivity index (χ4v) is 2.96. The highest BCUT2D eigenvalue weighted by molar-refractivity contribution is 9.10. The molecule has 0 saturated carbocycles. The Morgan fingerprint density at radius 3 is 2.76 bits per heavy atom. The molecule has 1 aromatic carbocycles. The Balaban J connectivity index is 1.73. The van der Waals surface area contributed by atoms with Crippen molar-refractivity contribution in [2.24, 2.45) is 0 Å². The van der Waals surface area contributed by atoms with Crippen LogP contribution in [0.15, 0.2) is 41.1 Å². The van der Waals surface area contributed by atoms with E-state index < -0.39 is 0 Å². The van der Waals surface area contributed by atoms with Crippen LogP contribution in [0.25, 0.3) is 0 Å². The number of rotatable bonds is 4. The predicted octanol–water partition coefficient (Wildman–Crippen LogP) is 3.47. The molecule has 1 atom stereocenters. The summed E-state index contributed by atoms with van der Waals surface area (Å²) in [5, 5.41) is 3.50. The van der Waals surface area contributed by atoms with Gasteiger partial charge in [-0.05, 0) is 36.2 Å². The Hall–Kier alpha value is -1.59. The van der Waals surface area contributed by atoms with E-state index in [-0.39, 0.29) is 6.04 Å². The van der Waals surface area contributed by atoms with Gasteiger partial charge in [-0.15, -0.1) is 0 Å². The van der Waals surface area contributed by atoms with Gasteiger partial charge in [-0.1, -0.05) is 22.0 Å². The summed E-state index contributed by atoms with van der Waals surface area (Å²) >= 11 is 3.61. The van der Waals surface area contributed by atoms with E-state index in [9.17, 15) is 0 Å². The third-order valence-electron chi connectivity index (χ3n) is 3.46. The van der Waals surface area contributed by atoms with Crippen LogP contribution in [0.3, 0.4) is 0 Å². The first kappa shape index (κ1) is 14.4. The van der Waals surface area contributed by atoms with Gasteiger partial charge in [0.15, 0.2) is 11.5 Å². The molecule has 0 bridgehead atoms. The van der Waals surface area contributed by atoms with E-state index in [1.807, 2.05) is 24.4 Å². The molecule has 1 N–H and O–H groups in total. The van der Waals surface area contributed by atoms with Crippen molar-refractivity contribution in [3.63, 3.8) is 0 Å². The minimum absolute atomic E-state index is 0.190. The second-order valence-electron chi connectivity index (χ2n) is 4.98. The zero-order chi connectivity index (χ0) is 14.7. The Kier molecular flexibility index (Phi) is 4.41. The van der Waals surface area contributed by atoms with Crippen LogP contribution < -0.4 is 14.8 Å². The molecule has 110 valence electrons. The van der Waals surface area contributed by atoms with Crippen molar-refractivity contribution < 1.29 is 9.47 Å². The Labute approximate surface area is 132 Å². The van der Waals surface area contributed by atoms with Gasteiger partial charge in [0.05, 0.1) is 0 Å². The summed E-state index contributed by atoms with van der Waals surface area (Å²) in [6, 6.07) is 8.22. The molecule has 0 fully saturated rings. The smallest absolute Gasteiger partial charge is 0.162 e. The van der Waals surface area contributed by atoms with E-state index >= 15 is 0 Å². The highest BCUT2D eigenvalue weighted by Gasteiger charge is 2.17. The van der Waals surface area contributed by atoms with Crippen LogP contribution in [-0.2, 0) is 6.54 Å². The summed E-state index contributed by atoms with van der Waals surface area (Å²) in [6.45, 7) is 4.11. The fourth-order valence-electron chi connectivity index (χ4n) is 2.30. The first-order valence-corrected chi connectivity index (χ1v) is 7.74. The lowest BCUT2D eigenvalue weighted by Crippen LogP contribution is -2.20. The number of hydrogen-bond donors (Lipinski definition) is 1. The van der Waals surface area contributed by atoms with Crippen molar-refractivity contribution in [2.75, 3.05) is 13.2 Å². The molecule has 1 aromatic heterocycles. The van der Waals surface area contributed by atoms with Gasteiger partial charge in [0.1, 0.15) is 13.2 Å². The minimum atomic E-state index is 0.190. The quantitative estimate of drug-likeness (QED) is 0.918. The highest BCUT2D eigenvalue weighted by atomic mass is 79.9. The van der Waals surface area contributed by atoms with Gasteiger partial charge >= 0.3 is 0 Å². The zero-order valence-electron chi connectivity index (χ0n) is 11.8. The molecule has 2 aromatic rings. The lowest BCUT2D eigenvalue weighted by molar-refractivity contribution is 0.171. The van der Waals surface area contributed by atoms with E-state index in [0.717, 1.165) is 33.6 Å². The predicted molar refractivity (Wildman–Crippen MR) is 84.6 cm³/mol. The van der Waals surface area contributed by atoms with Gasteiger partial charge in [-0.25, -0.2) is 0 Å². The maximum absolute atomic E-state index is 5.65. The topological polar surface area (TPSA) is 43.4 Å². The van der Waals surface area contributed by atoms with Crippen molar-refractivity contribution in [3.8, 4) is 11.5 Å². The Morgan fingerprint density at radius 1 is 1.29 bits per heavy atom.